The van der Waals surface area contributed by atoms with Gasteiger partial charge in [0.1, 0.15) is 0 Å². The van der Waals surface area contributed by atoms with Gasteiger partial charge in [0, 0.05) is 42.2 Å². The van der Waals surface area contributed by atoms with Crippen molar-refractivity contribution in [3.63, 3.8) is 0 Å². The third kappa shape index (κ3) is 8.58. The van der Waals surface area contributed by atoms with E-state index < -0.39 is 5.41 Å². The van der Waals surface area contributed by atoms with E-state index in [0.29, 0.717) is 0 Å². The second-order valence-electron chi connectivity index (χ2n) is 22.2. The number of benzene rings is 7. The van der Waals surface area contributed by atoms with Gasteiger partial charge in [-0.2, -0.15) is 11.3 Å². The number of thiophene rings is 2. The van der Waals surface area contributed by atoms with Gasteiger partial charge in [-0.25, -0.2) is 0 Å². The molecule has 11 aromatic rings. The standard InChI is InChI=1S/C67H60N2S2.Pt/c1-39-22-21-23-40(2)57(39)46-32-41(3)58(42(4)33-46)47-35-53(43-24-15-13-16-25-43)68-55(36-47)67(11,12)56-38-51-50-37-48(65(5,6)7)30-31-54(50)70-63(51)61(69-56)52-34-45-28-19-20-29-49(45)60-59(44-26-17-14-18-27-44)64(66(8,9)10)71-62(52)60;/h13-24,26-33,35-38H,1-12H3;/q-2;+2. The zero-order valence-corrected chi connectivity index (χ0v) is 47.3. The van der Waals surface area contributed by atoms with Crippen molar-refractivity contribution in [2.75, 3.05) is 0 Å². The molecular formula is C67H60N2PtS2. The number of fused-ring (bicyclic) bond motifs is 6. The third-order valence-electron chi connectivity index (χ3n) is 14.6. The molecule has 0 aliphatic heterocycles. The van der Waals surface area contributed by atoms with Crippen LogP contribution in [0.4, 0.5) is 0 Å². The van der Waals surface area contributed by atoms with Crippen LogP contribution in [0, 0.1) is 39.8 Å². The van der Waals surface area contributed by atoms with Gasteiger partial charge in [0.2, 0.25) is 0 Å². The first-order chi connectivity index (χ1) is 33.9. The molecule has 0 aliphatic rings. The Bertz CT molecular complexity index is 3850. The molecule has 0 bridgehead atoms. The molecular weight excluding hydrogens is 1090 g/mol. The first-order valence-electron chi connectivity index (χ1n) is 24.9. The second-order valence-corrected chi connectivity index (χ2v) is 24.3. The van der Waals surface area contributed by atoms with Gasteiger partial charge in [0.15, 0.2) is 0 Å². The SMILES string of the molecule is Cc1cccc(C)c1-c1cc(C)c(-c2cc(-c3[c-]cccc3)nc(C(C)(C)c3cc4c(sc5ccc(C(C)(C)C)cc54)c(-c4[c-]c5ccccc5c5c(-c6ccccc6)c(C(C)(C)C)sc45)n3)c2)c(C)c1.[Pt+2]. The van der Waals surface area contributed by atoms with Gasteiger partial charge in [-0.15, -0.1) is 64.8 Å². The Hall–Kier alpha value is -6.03. The molecule has 4 aromatic heterocycles. The summed E-state index contributed by atoms with van der Waals surface area (Å²) >= 11 is 3.76. The Balaban J connectivity index is 0.00000596. The first-order valence-corrected chi connectivity index (χ1v) is 26.5. The summed E-state index contributed by atoms with van der Waals surface area (Å²) in [6, 6.07) is 60.9. The fourth-order valence-corrected chi connectivity index (χ4v) is 13.4. The van der Waals surface area contributed by atoms with Crippen LogP contribution in [0.1, 0.15) is 99.5 Å². The molecule has 7 aromatic carbocycles. The van der Waals surface area contributed by atoms with Crippen molar-refractivity contribution in [2.45, 2.75) is 99.3 Å². The van der Waals surface area contributed by atoms with E-state index in [1.807, 2.05) is 34.8 Å². The molecule has 0 radical (unpaired) electrons. The zero-order chi connectivity index (χ0) is 49.7. The number of pyridine rings is 2. The van der Waals surface area contributed by atoms with Crippen LogP contribution < -0.4 is 0 Å². The monoisotopic (exact) mass is 1150 g/mol. The van der Waals surface area contributed by atoms with Crippen LogP contribution in [0.2, 0.25) is 0 Å². The van der Waals surface area contributed by atoms with Crippen LogP contribution in [-0.2, 0) is 37.3 Å². The molecule has 0 saturated heterocycles. The maximum Gasteiger partial charge on any atom is 2.00 e. The summed E-state index contributed by atoms with van der Waals surface area (Å²) in [4.78, 5) is 12.9. The minimum Gasteiger partial charge on any atom is -0.300 e. The van der Waals surface area contributed by atoms with Gasteiger partial charge in [0.25, 0.3) is 0 Å². The van der Waals surface area contributed by atoms with Crippen molar-refractivity contribution in [1.82, 2.24) is 9.97 Å². The Morgan fingerprint density at radius 2 is 1.14 bits per heavy atom. The molecule has 2 nitrogen and oxygen atoms in total. The Kier molecular flexibility index (Phi) is 12.7. The summed E-state index contributed by atoms with van der Waals surface area (Å²) in [5.74, 6) is 0. The molecule has 360 valence electrons. The summed E-state index contributed by atoms with van der Waals surface area (Å²) in [6.07, 6.45) is 0. The molecule has 5 heteroatoms. The predicted molar refractivity (Wildman–Crippen MR) is 308 cm³/mol. The van der Waals surface area contributed by atoms with Gasteiger partial charge >= 0.3 is 21.1 Å². The van der Waals surface area contributed by atoms with E-state index in [1.165, 1.54) is 96.2 Å². The summed E-state index contributed by atoms with van der Waals surface area (Å²) in [5.41, 5.74) is 18.9. The molecule has 0 atom stereocenters. The number of hydrogen-bond acceptors (Lipinski definition) is 4. The van der Waals surface area contributed by atoms with Gasteiger partial charge in [-0.3, -0.25) is 4.98 Å². The molecule has 0 fully saturated rings. The molecule has 0 unspecified atom stereocenters. The normalized spacial score (nSPS) is 12.3. The molecule has 0 N–H and O–H groups in total. The topological polar surface area (TPSA) is 25.8 Å². The summed E-state index contributed by atoms with van der Waals surface area (Å²) in [5, 5.41) is 6.07. The predicted octanol–water partition coefficient (Wildman–Crippen LogP) is 19.3. The van der Waals surface area contributed by atoms with Crippen molar-refractivity contribution in [2.24, 2.45) is 0 Å². The van der Waals surface area contributed by atoms with E-state index >= 15 is 0 Å². The third-order valence-corrected chi connectivity index (χ3v) is 17.4. The van der Waals surface area contributed by atoms with Crippen molar-refractivity contribution in [3.8, 4) is 55.9 Å². The number of aromatic nitrogens is 2. The summed E-state index contributed by atoms with van der Waals surface area (Å²) in [6.45, 7) is 27.5. The van der Waals surface area contributed by atoms with Crippen LogP contribution in [0.5, 0.6) is 0 Å². The largest absolute Gasteiger partial charge is 2.00 e. The molecule has 11 rings (SSSR count). The van der Waals surface area contributed by atoms with Crippen LogP contribution in [0.3, 0.4) is 0 Å². The van der Waals surface area contributed by atoms with E-state index in [-0.39, 0.29) is 31.9 Å². The summed E-state index contributed by atoms with van der Waals surface area (Å²) < 4.78 is 3.66. The van der Waals surface area contributed by atoms with E-state index in [9.17, 15) is 0 Å². The van der Waals surface area contributed by atoms with Gasteiger partial charge in [-0.1, -0.05) is 149 Å². The first kappa shape index (κ1) is 49.5. The number of nitrogens with zero attached hydrogens (tertiary/aromatic N) is 2. The van der Waals surface area contributed by atoms with Crippen molar-refractivity contribution in [3.05, 3.63) is 202 Å². The van der Waals surface area contributed by atoms with Gasteiger partial charge in [0.05, 0.1) is 0 Å². The van der Waals surface area contributed by atoms with Crippen molar-refractivity contribution < 1.29 is 21.1 Å². The number of rotatable bonds is 7. The van der Waals surface area contributed by atoms with Crippen LogP contribution in [0.15, 0.2) is 146 Å². The Labute approximate surface area is 448 Å². The second kappa shape index (κ2) is 18.5. The smallest absolute Gasteiger partial charge is 0.300 e. The fraction of sp³-hybridized carbons (Fsp3) is 0.224. The number of aryl methyl sites for hydroxylation is 4. The van der Waals surface area contributed by atoms with E-state index in [1.54, 1.807) is 0 Å². The van der Waals surface area contributed by atoms with E-state index in [0.717, 1.165) is 44.9 Å². The quantitative estimate of drug-likeness (QED) is 0.149. The van der Waals surface area contributed by atoms with Crippen LogP contribution in [-0.4, -0.2) is 9.97 Å². The zero-order valence-electron chi connectivity index (χ0n) is 43.4. The number of hydrogen-bond donors (Lipinski definition) is 0. The fourth-order valence-electron chi connectivity index (χ4n) is 10.8. The average molecular weight is 1150 g/mol. The Morgan fingerprint density at radius 1 is 0.486 bits per heavy atom. The minimum atomic E-state index is -0.643. The van der Waals surface area contributed by atoms with Crippen LogP contribution >= 0.6 is 22.7 Å². The molecule has 0 saturated carbocycles. The van der Waals surface area contributed by atoms with Gasteiger partial charge < -0.3 is 4.98 Å². The van der Waals surface area contributed by atoms with Crippen LogP contribution in [0.25, 0.3) is 96.9 Å². The van der Waals surface area contributed by atoms with E-state index in [2.05, 4.69) is 229 Å². The molecule has 0 amide bonds. The van der Waals surface area contributed by atoms with Gasteiger partial charge in [-0.05, 0) is 154 Å². The molecule has 0 aliphatic carbocycles. The minimum absolute atomic E-state index is 0. The van der Waals surface area contributed by atoms with Crippen molar-refractivity contribution in [1.29, 1.82) is 0 Å². The molecule has 4 heterocycles. The molecule has 0 spiro atoms. The maximum absolute atomic E-state index is 5.96. The summed E-state index contributed by atoms with van der Waals surface area (Å²) in [7, 11) is 0. The molecule has 72 heavy (non-hydrogen) atoms. The van der Waals surface area contributed by atoms with Crippen molar-refractivity contribution >= 4 is 63.7 Å². The van der Waals surface area contributed by atoms with E-state index in [4.69, 9.17) is 9.97 Å². The maximum atomic E-state index is 5.96. The Morgan fingerprint density at radius 3 is 1.82 bits per heavy atom. The average Bonchev–Trinajstić information content (AvgIpc) is 3.94.